The molecule has 1 aromatic rings. The second-order valence-electron chi connectivity index (χ2n) is 4.95. The normalized spacial score (nSPS) is 14.4. The van der Waals surface area contributed by atoms with E-state index in [1.165, 1.54) is 20.1 Å². The number of alkyl halides is 3. The van der Waals surface area contributed by atoms with Gasteiger partial charge in [-0.25, -0.2) is 0 Å². The van der Waals surface area contributed by atoms with Crippen LogP contribution in [-0.4, -0.2) is 30.5 Å². The maximum atomic E-state index is 13.0. The lowest BCUT2D eigenvalue weighted by Crippen LogP contribution is -2.36. The van der Waals surface area contributed by atoms with E-state index < -0.39 is 23.6 Å². The summed E-state index contributed by atoms with van der Waals surface area (Å²) in [4.78, 5) is 23.5. The number of halogens is 3. The zero-order chi connectivity index (χ0) is 17.9. The van der Waals surface area contributed by atoms with Crippen molar-refractivity contribution in [3.8, 4) is 11.8 Å². The van der Waals surface area contributed by atoms with Crippen molar-refractivity contribution < 1.29 is 27.5 Å². The molecule has 0 saturated carbocycles. The molecule has 1 heterocycles. The van der Waals surface area contributed by atoms with Gasteiger partial charge in [0, 0.05) is 24.3 Å². The molecule has 24 heavy (non-hydrogen) atoms. The third-order valence-corrected chi connectivity index (χ3v) is 3.05. The number of methoxy groups -OCH3 is 1. The Hall–Kier alpha value is -2.79. The minimum absolute atomic E-state index is 0.0607. The summed E-state index contributed by atoms with van der Waals surface area (Å²) in [5, 5.41) is 0.650. The first-order valence-electron chi connectivity index (χ1n) is 6.76. The number of rotatable bonds is 3. The summed E-state index contributed by atoms with van der Waals surface area (Å²) >= 11 is 0. The summed E-state index contributed by atoms with van der Waals surface area (Å²) in [5.74, 6) is 3.82. The first kappa shape index (κ1) is 17.6. The summed E-state index contributed by atoms with van der Waals surface area (Å²) in [7, 11) is 1.41. The van der Waals surface area contributed by atoms with Gasteiger partial charge in [-0.1, -0.05) is 11.8 Å². The Morgan fingerprint density at radius 1 is 1.25 bits per heavy atom. The molecule has 0 saturated heterocycles. The van der Waals surface area contributed by atoms with Crippen LogP contribution in [0, 0.1) is 11.8 Å². The number of nitrogens with zero attached hydrogens (tertiary/aromatic N) is 1. The van der Waals surface area contributed by atoms with Gasteiger partial charge in [-0.05, 0) is 25.1 Å². The maximum absolute atomic E-state index is 13.0. The third kappa shape index (κ3) is 3.94. The van der Waals surface area contributed by atoms with E-state index in [4.69, 9.17) is 4.74 Å². The number of anilines is 1. The van der Waals surface area contributed by atoms with Crippen LogP contribution in [0.25, 0.3) is 0 Å². The molecule has 1 aliphatic rings. The number of hydrazine groups is 1. The van der Waals surface area contributed by atoms with Crippen molar-refractivity contribution in [3.63, 3.8) is 0 Å². The van der Waals surface area contributed by atoms with Gasteiger partial charge < -0.3 is 4.74 Å². The quantitative estimate of drug-likeness (QED) is 0.679. The fourth-order valence-electron chi connectivity index (χ4n) is 1.96. The Kier molecular flexibility index (Phi) is 4.95. The van der Waals surface area contributed by atoms with E-state index in [1.54, 1.807) is 0 Å². The standard InChI is InChI=1S/C16H13F3N2O3/c1-10-6-14(22)21(15(10)23)20-13-8-11(4-3-5-24-2)7-12(9-13)16(17,18)19/h6-9,20H,5H2,1-2H3. The molecule has 0 spiro atoms. The minimum atomic E-state index is -4.59. The van der Waals surface area contributed by atoms with E-state index in [-0.39, 0.29) is 23.4 Å². The first-order chi connectivity index (χ1) is 11.2. The number of ether oxygens (including phenoxy) is 1. The molecular weight excluding hydrogens is 325 g/mol. The lowest BCUT2D eigenvalue weighted by molar-refractivity contribution is -0.137. The Labute approximate surface area is 136 Å². The van der Waals surface area contributed by atoms with Crippen LogP contribution < -0.4 is 5.43 Å². The molecule has 5 nitrogen and oxygen atoms in total. The van der Waals surface area contributed by atoms with Gasteiger partial charge in [0.2, 0.25) is 0 Å². The Morgan fingerprint density at radius 2 is 1.96 bits per heavy atom. The predicted octanol–water partition coefficient (Wildman–Crippen LogP) is 2.35. The van der Waals surface area contributed by atoms with Crippen molar-refractivity contribution in [2.75, 3.05) is 19.1 Å². The van der Waals surface area contributed by atoms with E-state index in [1.807, 2.05) is 0 Å². The lowest BCUT2D eigenvalue weighted by atomic mass is 10.1. The molecule has 0 fully saturated rings. The van der Waals surface area contributed by atoms with Crippen LogP contribution >= 0.6 is 0 Å². The van der Waals surface area contributed by atoms with Gasteiger partial charge in [0.1, 0.15) is 6.61 Å². The minimum Gasteiger partial charge on any atom is -0.372 e. The number of carbonyl (C=O) groups is 2. The summed E-state index contributed by atoms with van der Waals surface area (Å²) in [5.41, 5.74) is 1.65. The second kappa shape index (κ2) is 6.76. The fraction of sp³-hybridized carbons (Fsp3) is 0.250. The number of carbonyl (C=O) groups excluding carboxylic acids is 2. The van der Waals surface area contributed by atoms with Crippen LogP contribution in [0.4, 0.5) is 18.9 Å². The van der Waals surface area contributed by atoms with Gasteiger partial charge in [0.25, 0.3) is 11.8 Å². The zero-order valence-electron chi connectivity index (χ0n) is 12.8. The topological polar surface area (TPSA) is 58.6 Å². The highest BCUT2D eigenvalue weighted by Gasteiger charge is 2.32. The maximum Gasteiger partial charge on any atom is 0.416 e. The SMILES string of the molecule is COCC#Cc1cc(NN2C(=O)C=C(C)C2=O)cc(C(F)(F)F)c1. The van der Waals surface area contributed by atoms with Crippen molar-refractivity contribution in [1.29, 1.82) is 0 Å². The molecule has 1 N–H and O–H groups in total. The summed E-state index contributed by atoms with van der Waals surface area (Å²) in [6.07, 6.45) is -3.50. The summed E-state index contributed by atoms with van der Waals surface area (Å²) in [6.45, 7) is 1.50. The van der Waals surface area contributed by atoms with Gasteiger partial charge in [0.05, 0.1) is 11.3 Å². The smallest absolute Gasteiger partial charge is 0.372 e. The van der Waals surface area contributed by atoms with Crippen LogP contribution in [0.3, 0.4) is 0 Å². The molecule has 0 aromatic heterocycles. The molecule has 0 atom stereocenters. The van der Waals surface area contributed by atoms with Crippen LogP contribution in [0.1, 0.15) is 18.1 Å². The number of imide groups is 1. The summed E-state index contributed by atoms with van der Waals surface area (Å²) in [6, 6.07) is 2.99. The van der Waals surface area contributed by atoms with Crippen LogP contribution in [0.5, 0.6) is 0 Å². The highest BCUT2D eigenvalue weighted by molar-refractivity contribution is 6.16. The molecule has 0 unspecified atom stereocenters. The zero-order valence-corrected chi connectivity index (χ0v) is 12.8. The molecule has 2 amide bonds. The molecule has 0 bridgehead atoms. The fourth-order valence-corrected chi connectivity index (χ4v) is 1.96. The molecule has 126 valence electrons. The number of amides is 2. The van der Waals surface area contributed by atoms with Gasteiger partial charge in [-0.2, -0.15) is 18.2 Å². The van der Waals surface area contributed by atoms with E-state index in [2.05, 4.69) is 17.3 Å². The van der Waals surface area contributed by atoms with E-state index in [0.717, 1.165) is 18.2 Å². The van der Waals surface area contributed by atoms with Crippen LogP contribution in [0.15, 0.2) is 29.8 Å². The van der Waals surface area contributed by atoms with Gasteiger partial charge >= 0.3 is 6.18 Å². The average molecular weight is 338 g/mol. The number of hydrogen-bond donors (Lipinski definition) is 1. The first-order valence-corrected chi connectivity index (χ1v) is 6.76. The second-order valence-corrected chi connectivity index (χ2v) is 4.95. The van der Waals surface area contributed by atoms with Gasteiger partial charge in [-0.15, -0.1) is 0 Å². The molecule has 2 rings (SSSR count). The average Bonchev–Trinajstić information content (AvgIpc) is 2.73. The van der Waals surface area contributed by atoms with E-state index in [9.17, 15) is 22.8 Å². The highest BCUT2D eigenvalue weighted by atomic mass is 19.4. The highest BCUT2D eigenvalue weighted by Crippen LogP contribution is 2.32. The Balaban J connectivity index is 2.36. The molecular formula is C16H13F3N2O3. The Bertz CT molecular complexity index is 773. The van der Waals surface area contributed by atoms with Gasteiger partial charge in [0.15, 0.2) is 0 Å². The van der Waals surface area contributed by atoms with Crippen molar-refractivity contribution in [2.45, 2.75) is 13.1 Å². The van der Waals surface area contributed by atoms with Crippen molar-refractivity contribution in [3.05, 3.63) is 41.0 Å². The third-order valence-electron chi connectivity index (χ3n) is 3.05. The molecule has 0 radical (unpaired) electrons. The largest absolute Gasteiger partial charge is 0.416 e. The van der Waals surface area contributed by atoms with Crippen molar-refractivity contribution >= 4 is 17.5 Å². The van der Waals surface area contributed by atoms with Crippen molar-refractivity contribution in [1.82, 2.24) is 5.01 Å². The molecule has 8 heteroatoms. The number of benzene rings is 1. The van der Waals surface area contributed by atoms with E-state index in [0.29, 0.717) is 5.01 Å². The Morgan fingerprint density at radius 3 is 2.50 bits per heavy atom. The van der Waals surface area contributed by atoms with E-state index >= 15 is 0 Å². The van der Waals surface area contributed by atoms with Crippen LogP contribution in [0.2, 0.25) is 0 Å². The molecule has 1 aliphatic heterocycles. The lowest BCUT2D eigenvalue weighted by Gasteiger charge is -2.18. The molecule has 0 aliphatic carbocycles. The van der Waals surface area contributed by atoms with Crippen molar-refractivity contribution in [2.24, 2.45) is 0 Å². The predicted molar refractivity (Wildman–Crippen MR) is 79.4 cm³/mol. The van der Waals surface area contributed by atoms with Gasteiger partial charge in [-0.3, -0.25) is 15.0 Å². The number of nitrogens with one attached hydrogen (secondary N) is 1. The molecule has 1 aromatic carbocycles. The monoisotopic (exact) mass is 338 g/mol. The summed E-state index contributed by atoms with van der Waals surface area (Å²) < 4.78 is 43.7. The van der Waals surface area contributed by atoms with Crippen LogP contribution in [-0.2, 0) is 20.5 Å². The number of hydrogen-bond acceptors (Lipinski definition) is 4.